The molecule has 1 N–H and O–H groups in total. The molecule has 0 unspecified atom stereocenters. The van der Waals surface area contributed by atoms with Crippen molar-refractivity contribution in [2.75, 3.05) is 12.4 Å². The molecular formula is C21H32N2O2S. The molecule has 26 heavy (non-hydrogen) atoms. The number of aromatic amines is 1. The first-order valence-corrected chi connectivity index (χ1v) is 11.0. The predicted molar refractivity (Wildman–Crippen MR) is 110 cm³/mol. The molecular weight excluding hydrogens is 344 g/mol. The summed E-state index contributed by atoms with van der Waals surface area (Å²) < 4.78 is 4.93. The molecule has 0 radical (unpaired) electrons. The molecule has 0 bridgehead atoms. The molecule has 0 atom stereocenters. The fourth-order valence-electron chi connectivity index (χ4n) is 3.01. The summed E-state index contributed by atoms with van der Waals surface area (Å²) in [6.07, 6.45) is 11.7. The van der Waals surface area contributed by atoms with Gasteiger partial charge in [0.15, 0.2) is 5.16 Å². The van der Waals surface area contributed by atoms with Crippen molar-refractivity contribution in [2.45, 2.75) is 76.3 Å². The van der Waals surface area contributed by atoms with Crippen LogP contribution in [0, 0.1) is 0 Å². The maximum Gasteiger partial charge on any atom is 0.305 e. The van der Waals surface area contributed by atoms with Crippen LogP contribution in [0.15, 0.2) is 29.4 Å². The number of carbonyl (C=O) groups is 1. The van der Waals surface area contributed by atoms with Gasteiger partial charge in [-0.1, -0.05) is 68.8 Å². The number of imidazole rings is 1. The lowest BCUT2D eigenvalue weighted by molar-refractivity contribution is -0.143. The van der Waals surface area contributed by atoms with Gasteiger partial charge in [-0.05, 0) is 31.9 Å². The Morgan fingerprint density at radius 2 is 1.65 bits per heavy atom. The van der Waals surface area contributed by atoms with E-state index in [1.807, 2.05) is 36.9 Å². The predicted octanol–water partition coefficient (Wildman–Crippen LogP) is 6.12. The van der Waals surface area contributed by atoms with Gasteiger partial charge in [-0.2, -0.15) is 0 Å². The minimum absolute atomic E-state index is 0.0481. The number of nitrogens with one attached hydrogen (secondary N) is 1. The highest BCUT2D eigenvalue weighted by Crippen LogP contribution is 2.20. The van der Waals surface area contributed by atoms with Crippen LogP contribution in [0.4, 0.5) is 0 Å². The van der Waals surface area contributed by atoms with E-state index in [1.54, 1.807) is 0 Å². The average molecular weight is 377 g/mol. The zero-order chi connectivity index (χ0) is 18.5. The fourth-order valence-corrected chi connectivity index (χ4v) is 3.90. The van der Waals surface area contributed by atoms with Gasteiger partial charge in [0, 0.05) is 12.2 Å². The van der Waals surface area contributed by atoms with Crippen molar-refractivity contribution in [2.24, 2.45) is 0 Å². The van der Waals surface area contributed by atoms with Gasteiger partial charge in [0.25, 0.3) is 0 Å². The van der Waals surface area contributed by atoms with Gasteiger partial charge in [0.2, 0.25) is 0 Å². The molecule has 0 aliphatic carbocycles. The van der Waals surface area contributed by atoms with Gasteiger partial charge in [-0.15, -0.1) is 0 Å². The van der Waals surface area contributed by atoms with Gasteiger partial charge >= 0.3 is 5.97 Å². The second-order valence-electron chi connectivity index (χ2n) is 6.64. The number of hydrogen-bond donors (Lipinski definition) is 1. The van der Waals surface area contributed by atoms with E-state index in [0.29, 0.717) is 13.0 Å². The van der Waals surface area contributed by atoms with Crippen LogP contribution in [0.3, 0.4) is 0 Å². The number of benzene rings is 1. The third-order valence-corrected chi connectivity index (χ3v) is 5.40. The Morgan fingerprint density at radius 3 is 2.35 bits per heavy atom. The van der Waals surface area contributed by atoms with E-state index < -0.39 is 0 Å². The van der Waals surface area contributed by atoms with Gasteiger partial charge in [-0.3, -0.25) is 4.79 Å². The highest BCUT2D eigenvalue weighted by Gasteiger charge is 2.02. The van der Waals surface area contributed by atoms with Crippen LogP contribution in [0.25, 0.3) is 11.0 Å². The molecule has 2 rings (SSSR count). The summed E-state index contributed by atoms with van der Waals surface area (Å²) in [5, 5.41) is 1.04. The number of H-pyrrole nitrogens is 1. The number of esters is 1. The summed E-state index contributed by atoms with van der Waals surface area (Å²) in [6.45, 7) is 2.35. The van der Waals surface area contributed by atoms with E-state index in [1.165, 1.54) is 44.9 Å². The van der Waals surface area contributed by atoms with Gasteiger partial charge in [0.05, 0.1) is 17.6 Å². The van der Waals surface area contributed by atoms with E-state index in [4.69, 9.17) is 4.74 Å². The molecule has 5 heteroatoms. The highest BCUT2D eigenvalue weighted by molar-refractivity contribution is 7.99. The first-order valence-electron chi connectivity index (χ1n) is 10.0. The van der Waals surface area contributed by atoms with Crippen LogP contribution >= 0.6 is 11.8 Å². The Balaban J connectivity index is 1.38. The van der Waals surface area contributed by atoms with Crippen LogP contribution in [0.2, 0.25) is 0 Å². The van der Waals surface area contributed by atoms with Crippen LogP contribution in [-0.2, 0) is 9.53 Å². The molecule has 0 saturated carbocycles. The number of ether oxygens (including phenoxy) is 1. The third kappa shape index (κ3) is 8.26. The van der Waals surface area contributed by atoms with E-state index in [9.17, 15) is 4.79 Å². The number of thioether (sulfide) groups is 1. The van der Waals surface area contributed by atoms with E-state index >= 15 is 0 Å². The monoisotopic (exact) mass is 376 g/mol. The number of fused-ring (bicyclic) bond motifs is 1. The Hall–Kier alpha value is -1.49. The van der Waals surface area contributed by atoms with E-state index in [0.717, 1.165) is 34.8 Å². The average Bonchev–Trinajstić information content (AvgIpc) is 3.05. The maximum absolute atomic E-state index is 11.2. The SMILES string of the molecule is CCOC(=O)CCCCCCCCCCCSc1nc2ccccc2[nH]1. The summed E-state index contributed by atoms with van der Waals surface area (Å²) >= 11 is 1.82. The molecule has 144 valence electrons. The Kier molecular flexibility index (Phi) is 10.2. The van der Waals surface area contributed by atoms with Crippen molar-refractivity contribution >= 4 is 28.8 Å². The summed E-state index contributed by atoms with van der Waals surface area (Å²) in [6, 6.07) is 8.18. The lowest BCUT2D eigenvalue weighted by Gasteiger charge is -2.03. The number of carbonyl (C=O) groups excluding carboxylic acids is 1. The Bertz CT molecular complexity index is 609. The smallest absolute Gasteiger partial charge is 0.305 e. The number of rotatable bonds is 14. The minimum atomic E-state index is -0.0481. The van der Waals surface area contributed by atoms with Crippen LogP contribution in [-0.4, -0.2) is 28.3 Å². The van der Waals surface area contributed by atoms with Crippen molar-refractivity contribution in [3.63, 3.8) is 0 Å². The topological polar surface area (TPSA) is 55.0 Å². The molecule has 4 nitrogen and oxygen atoms in total. The quantitative estimate of drug-likeness (QED) is 0.245. The second-order valence-corrected chi connectivity index (χ2v) is 7.73. The Morgan fingerprint density at radius 1 is 1.00 bits per heavy atom. The zero-order valence-electron chi connectivity index (χ0n) is 16.0. The summed E-state index contributed by atoms with van der Waals surface area (Å²) in [4.78, 5) is 19.2. The molecule has 1 aromatic heterocycles. The molecule has 0 amide bonds. The normalized spacial score (nSPS) is 11.1. The third-order valence-electron chi connectivity index (χ3n) is 4.44. The molecule has 0 saturated heterocycles. The minimum Gasteiger partial charge on any atom is -0.466 e. The number of para-hydroxylation sites is 2. The number of aromatic nitrogens is 2. The molecule has 0 fully saturated rings. The number of hydrogen-bond acceptors (Lipinski definition) is 4. The molecule has 1 aromatic carbocycles. The lowest BCUT2D eigenvalue weighted by atomic mass is 10.1. The van der Waals surface area contributed by atoms with Crippen molar-refractivity contribution < 1.29 is 9.53 Å². The molecule has 0 aliphatic rings. The standard InChI is InChI=1S/C21H32N2O2S/c1-2-25-20(24)16-10-8-6-4-3-5-7-9-13-17-26-21-22-18-14-11-12-15-19(18)23-21/h11-12,14-15H,2-10,13,16-17H2,1H3,(H,22,23). The first-order chi connectivity index (χ1) is 12.8. The highest BCUT2D eigenvalue weighted by atomic mass is 32.2. The van der Waals surface area contributed by atoms with Crippen molar-refractivity contribution in [3.8, 4) is 0 Å². The summed E-state index contributed by atoms with van der Waals surface area (Å²) in [7, 11) is 0. The van der Waals surface area contributed by atoms with Crippen molar-refractivity contribution in [1.29, 1.82) is 0 Å². The second kappa shape index (κ2) is 12.8. The molecule has 2 aromatic rings. The van der Waals surface area contributed by atoms with E-state index in [-0.39, 0.29) is 5.97 Å². The van der Waals surface area contributed by atoms with Crippen LogP contribution in [0.5, 0.6) is 0 Å². The Labute approximate surface area is 161 Å². The van der Waals surface area contributed by atoms with Gasteiger partial charge < -0.3 is 9.72 Å². The maximum atomic E-state index is 11.2. The van der Waals surface area contributed by atoms with Crippen molar-refractivity contribution in [3.05, 3.63) is 24.3 Å². The van der Waals surface area contributed by atoms with Gasteiger partial charge in [-0.25, -0.2) is 4.98 Å². The largest absolute Gasteiger partial charge is 0.466 e. The molecule has 0 spiro atoms. The van der Waals surface area contributed by atoms with Crippen molar-refractivity contribution in [1.82, 2.24) is 9.97 Å². The number of nitrogens with zero attached hydrogens (tertiary/aromatic N) is 1. The van der Waals surface area contributed by atoms with Crippen LogP contribution < -0.4 is 0 Å². The molecule has 1 heterocycles. The summed E-state index contributed by atoms with van der Waals surface area (Å²) in [5.41, 5.74) is 2.18. The molecule has 0 aliphatic heterocycles. The van der Waals surface area contributed by atoms with E-state index in [2.05, 4.69) is 16.0 Å². The number of unbranched alkanes of at least 4 members (excludes halogenated alkanes) is 8. The fraction of sp³-hybridized carbons (Fsp3) is 0.619. The summed E-state index contributed by atoms with van der Waals surface area (Å²) in [5.74, 6) is 1.08. The first kappa shape index (κ1) is 20.8. The lowest BCUT2D eigenvalue weighted by Crippen LogP contribution is -2.03. The van der Waals surface area contributed by atoms with Gasteiger partial charge in [0.1, 0.15) is 0 Å². The zero-order valence-corrected chi connectivity index (χ0v) is 16.8. The van der Waals surface area contributed by atoms with Crippen LogP contribution in [0.1, 0.15) is 71.1 Å².